The first-order chi connectivity index (χ1) is 9.28. The molecule has 0 aliphatic carbocycles. The second kappa shape index (κ2) is 5.47. The Labute approximate surface area is 115 Å². The molecule has 0 aromatic carbocycles. The Bertz CT molecular complexity index is 488. The van der Waals surface area contributed by atoms with Gasteiger partial charge in [0.05, 0.1) is 12.2 Å². The Morgan fingerprint density at radius 3 is 2.90 bits per heavy atom. The molecule has 0 amide bonds. The summed E-state index contributed by atoms with van der Waals surface area (Å²) in [6.45, 7) is 4.14. The van der Waals surface area contributed by atoms with Crippen LogP contribution in [-0.4, -0.2) is 39.6 Å². The number of halogens is 2. The number of nitrogens with zero attached hydrogens (tertiary/aromatic N) is 2. The summed E-state index contributed by atoms with van der Waals surface area (Å²) in [7, 11) is 0. The molecule has 1 aromatic rings. The minimum absolute atomic E-state index is 0.0294. The van der Waals surface area contributed by atoms with Gasteiger partial charge in [-0.15, -0.1) is 0 Å². The largest absolute Gasteiger partial charge is 0.480 e. The molecule has 5 nitrogen and oxygen atoms in total. The van der Waals surface area contributed by atoms with E-state index in [0.717, 1.165) is 5.69 Å². The first-order valence-corrected chi connectivity index (χ1v) is 6.58. The highest BCUT2D eigenvalue weighted by Gasteiger charge is 2.43. The lowest BCUT2D eigenvalue weighted by Crippen LogP contribution is -2.50. The van der Waals surface area contributed by atoms with E-state index in [-0.39, 0.29) is 25.4 Å². The first kappa shape index (κ1) is 14.9. The molecule has 1 unspecified atom stereocenters. The predicted octanol–water partition coefficient (Wildman–Crippen LogP) is 2.48. The van der Waals surface area contributed by atoms with Crippen LogP contribution in [-0.2, 0) is 11.3 Å². The summed E-state index contributed by atoms with van der Waals surface area (Å²) < 4.78 is 31.8. The van der Waals surface area contributed by atoms with Gasteiger partial charge in [-0.2, -0.15) is 0 Å². The fourth-order valence-electron chi connectivity index (χ4n) is 2.29. The van der Waals surface area contributed by atoms with Crippen LogP contribution in [0.5, 0.6) is 0 Å². The summed E-state index contributed by atoms with van der Waals surface area (Å²) in [5, 5.41) is 13.0. The SMILES string of the molecule is CC(C)c1cc(CN2CCC(F)(F)CC2C(=O)O)on1. The second-order valence-corrected chi connectivity index (χ2v) is 5.51. The van der Waals surface area contributed by atoms with Crippen molar-refractivity contribution < 1.29 is 23.2 Å². The molecule has 1 aromatic heterocycles. The molecule has 7 heteroatoms. The van der Waals surface area contributed by atoms with Crippen molar-refractivity contribution in [2.45, 2.75) is 51.1 Å². The van der Waals surface area contributed by atoms with Gasteiger partial charge in [-0.3, -0.25) is 9.69 Å². The Kier molecular flexibility index (Phi) is 4.08. The third-order valence-electron chi connectivity index (χ3n) is 3.51. The Morgan fingerprint density at radius 1 is 1.65 bits per heavy atom. The standard InChI is InChI=1S/C13H18F2N2O3/c1-8(2)10-5-9(20-16-10)7-17-4-3-13(14,15)6-11(17)12(18)19/h5,8,11H,3-4,6-7H2,1-2H3,(H,18,19). The summed E-state index contributed by atoms with van der Waals surface area (Å²) >= 11 is 0. The minimum Gasteiger partial charge on any atom is -0.480 e. The summed E-state index contributed by atoms with van der Waals surface area (Å²) in [5.74, 6) is -3.43. The van der Waals surface area contributed by atoms with Crippen molar-refractivity contribution in [1.29, 1.82) is 0 Å². The van der Waals surface area contributed by atoms with E-state index in [9.17, 15) is 13.6 Å². The molecule has 1 aliphatic rings. The van der Waals surface area contributed by atoms with Crippen LogP contribution >= 0.6 is 0 Å². The van der Waals surface area contributed by atoms with E-state index < -0.39 is 24.4 Å². The number of hydrogen-bond acceptors (Lipinski definition) is 4. The van der Waals surface area contributed by atoms with Gasteiger partial charge in [0.1, 0.15) is 6.04 Å². The van der Waals surface area contributed by atoms with Crippen LogP contribution < -0.4 is 0 Å². The van der Waals surface area contributed by atoms with Crippen LogP contribution in [0.1, 0.15) is 44.1 Å². The number of alkyl halides is 2. The van der Waals surface area contributed by atoms with Gasteiger partial charge in [-0.25, -0.2) is 8.78 Å². The van der Waals surface area contributed by atoms with Crippen LogP contribution in [0, 0.1) is 0 Å². The van der Waals surface area contributed by atoms with Gasteiger partial charge in [0.25, 0.3) is 5.92 Å². The summed E-state index contributed by atoms with van der Waals surface area (Å²) in [4.78, 5) is 12.6. The van der Waals surface area contributed by atoms with E-state index in [2.05, 4.69) is 5.16 Å². The number of hydrogen-bond donors (Lipinski definition) is 1. The topological polar surface area (TPSA) is 66.6 Å². The van der Waals surface area contributed by atoms with Gasteiger partial charge in [0, 0.05) is 25.5 Å². The average molecular weight is 288 g/mol. The highest BCUT2D eigenvalue weighted by atomic mass is 19.3. The Balaban J connectivity index is 2.08. The molecule has 2 heterocycles. The zero-order valence-electron chi connectivity index (χ0n) is 11.5. The van der Waals surface area contributed by atoms with Gasteiger partial charge in [0.15, 0.2) is 5.76 Å². The molecule has 0 saturated carbocycles. The van der Waals surface area contributed by atoms with Crippen molar-refractivity contribution in [3.8, 4) is 0 Å². The molecule has 1 saturated heterocycles. The average Bonchev–Trinajstić information content (AvgIpc) is 2.79. The van der Waals surface area contributed by atoms with Gasteiger partial charge >= 0.3 is 5.97 Å². The van der Waals surface area contributed by atoms with Crippen LogP contribution in [0.2, 0.25) is 0 Å². The molecule has 112 valence electrons. The van der Waals surface area contributed by atoms with Gasteiger partial charge < -0.3 is 9.63 Å². The molecule has 1 atom stereocenters. The van der Waals surface area contributed by atoms with E-state index in [1.807, 2.05) is 13.8 Å². The molecular weight excluding hydrogens is 270 g/mol. The molecule has 1 fully saturated rings. The van der Waals surface area contributed by atoms with Gasteiger partial charge in [-0.1, -0.05) is 19.0 Å². The number of aromatic nitrogens is 1. The zero-order chi connectivity index (χ0) is 14.9. The van der Waals surface area contributed by atoms with E-state index in [1.165, 1.54) is 4.90 Å². The summed E-state index contributed by atoms with van der Waals surface area (Å²) in [6.07, 6.45) is -0.991. The fraction of sp³-hybridized carbons (Fsp3) is 0.692. The molecule has 0 spiro atoms. The van der Waals surface area contributed by atoms with Crippen molar-refractivity contribution in [3.63, 3.8) is 0 Å². The van der Waals surface area contributed by atoms with E-state index in [0.29, 0.717) is 5.76 Å². The molecule has 20 heavy (non-hydrogen) atoms. The molecule has 0 bridgehead atoms. The highest BCUT2D eigenvalue weighted by Crippen LogP contribution is 2.32. The lowest BCUT2D eigenvalue weighted by atomic mass is 9.98. The van der Waals surface area contributed by atoms with Crippen LogP contribution in [0.3, 0.4) is 0 Å². The van der Waals surface area contributed by atoms with Gasteiger partial charge in [0.2, 0.25) is 0 Å². The van der Waals surface area contributed by atoms with Crippen molar-refractivity contribution in [2.75, 3.05) is 6.54 Å². The number of rotatable bonds is 4. The third-order valence-corrected chi connectivity index (χ3v) is 3.51. The molecule has 1 N–H and O–H groups in total. The lowest BCUT2D eigenvalue weighted by molar-refractivity contribution is -0.154. The second-order valence-electron chi connectivity index (χ2n) is 5.51. The monoisotopic (exact) mass is 288 g/mol. The number of likely N-dealkylation sites (tertiary alicyclic amines) is 1. The molecular formula is C13H18F2N2O3. The highest BCUT2D eigenvalue weighted by molar-refractivity contribution is 5.73. The maximum Gasteiger partial charge on any atom is 0.321 e. The maximum absolute atomic E-state index is 13.3. The van der Waals surface area contributed by atoms with Crippen LogP contribution in [0.4, 0.5) is 8.78 Å². The molecule has 2 rings (SSSR count). The molecule has 0 radical (unpaired) electrons. The first-order valence-electron chi connectivity index (χ1n) is 6.58. The summed E-state index contributed by atoms with van der Waals surface area (Å²) in [6, 6.07) is 0.558. The number of carboxylic acids is 1. The number of piperidine rings is 1. The number of aliphatic carboxylic acids is 1. The summed E-state index contributed by atoms with van der Waals surface area (Å²) in [5.41, 5.74) is 0.772. The van der Waals surface area contributed by atoms with E-state index >= 15 is 0 Å². The molecule has 1 aliphatic heterocycles. The number of carboxylic acid groups (broad SMARTS) is 1. The van der Waals surface area contributed by atoms with Crippen LogP contribution in [0.25, 0.3) is 0 Å². The predicted molar refractivity (Wildman–Crippen MR) is 66.6 cm³/mol. The van der Waals surface area contributed by atoms with E-state index in [1.54, 1.807) is 6.07 Å². The maximum atomic E-state index is 13.3. The Hall–Kier alpha value is -1.50. The third kappa shape index (κ3) is 3.33. The van der Waals surface area contributed by atoms with E-state index in [4.69, 9.17) is 9.63 Å². The lowest BCUT2D eigenvalue weighted by Gasteiger charge is -2.36. The van der Waals surface area contributed by atoms with Gasteiger partial charge in [-0.05, 0) is 5.92 Å². The smallest absolute Gasteiger partial charge is 0.321 e. The van der Waals surface area contributed by atoms with Crippen molar-refractivity contribution >= 4 is 5.97 Å². The van der Waals surface area contributed by atoms with Crippen molar-refractivity contribution in [1.82, 2.24) is 10.1 Å². The quantitative estimate of drug-likeness (QED) is 0.922. The zero-order valence-corrected chi connectivity index (χ0v) is 11.5. The normalized spacial score (nSPS) is 23.1. The van der Waals surface area contributed by atoms with Crippen molar-refractivity contribution in [3.05, 3.63) is 17.5 Å². The van der Waals surface area contributed by atoms with Crippen LogP contribution in [0.15, 0.2) is 10.6 Å². The minimum atomic E-state index is -2.91. The number of carbonyl (C=O) groups is 1. The fourth-order valence-corrected chi connectivity index (χ4v) is 2.29. The van der Waals surface area contributed by atoms with Crippen molar-refractivity contribution in [2.24, 2.45) is 0 Å². The Morgan fingerprint density at radius 2 is 2.35 bits per heavy atom.